The molecule has 0 unspecified atom stereocenters. The molecule has 0 fully saturated rings. The zero-order valence-electron chi connectivity index (χ0n) is 9.97. The van der Waals surface area contributed by atoms with Gasteiger partial charge >= 0.3 is 0 Å². The first kappa shape index (κ1) is 14.5. The van der Waals surface area contributed by atoms with Crippen LogP contribution < -0.4 is 4.74 Å². The van der Waals surface area contributed by atoms with Gasteiger partial charge in [0.25, 0.3) is 5.88 Å². The average molecular weight is 366 g/mol. The largest absolute Gasteiger partial charge is 0.435 e. The van der Waals surface area contributed by atoms with Gasteiger partial charge in [0.05, 0.1) is 20.9 Å². The minimum absolute atomic E-state index is 0.00325. The van der Waals surface area contributed by atoms with Crippen LogP contribution in [0, 0.1) is 19.7 Å². The van der Waals surface area contributed by atoms with Crippen LogP contribution >= 0.6 is 39.1 Å². The van der Waals surface area contributed by atoms with E-state index in [0.717, 1.165) is 6.07 Å². The van der Waals surface area contributed by atoms with Crippen molar-refractivity contribution in [3.05, 3.63) is 44.0 Å². The molecule has 1 aromatic heterocycles. The third-order valence-corrected chi connectivity index (χ3v) is 3.57. The third-order valence-electron chi connectivity index (χ3n) is 2.42. The van der Waals surface area contributed by atoms with Gasteiger partial charge in [-0.1, -0.05) is 23.2 Å². The van der Waals surface area contributed by atoms with E-state index < -0.39 is 5.82 Å². The Kier molecular flexibility index (Phi) is 4.28. The molecule has 0 spiro atoms. The second-order valence-corrected chi connectivity index (χ2v) is 5.41. The molecule has 3 nitrogen and oxygen atoms in total. The van der Waals surface area contributed by atoms with Gasteiger partial charge in [0.1, 0.15) is 11.6 Å². The van der Waals surface area contributed by atoms with E-state index in [0.29, 0.717) is 15.9 Å². The van der Waals surface area contributed by atoms with Crippen molar-refractivity contribution < 1.29 is 9.13 Å². The second kappa shape index (κ2) is 5.61. The van der Waals surface area contributed by atoms with Crippen LogP contribution in [0.3, 0.4) is 0 Å². The minimum Gasteiger partial charge on any atom is -0.435 e. The Morgan fingerprint density at radius 1 is 1.16 bits per heavy atom. The summed E-state index contributed by atoms with van der Waals surface area (Å²) >= 11 is 14.8. The van der Waals surface area contributed by atoms with Gasteiger partial charge in [-0.2, -0.15) is 0 Å². The molecular formula is C12H8BrCl2FN2O. The highest BCUT2D eigenvalue weighted by atomic mass is 79.9. The summed E-state index contributed by atoms with van der Waals surface area (Å²) in [6.45, 7) is 3.57. The molecule has 2 rings (SSSR count). The van der Waals surface area contributed by atoms with Gasteiger partial charge in [0.15, 0.2) is 5.15 Å². The number of nitrogens with zero attached hydrogens (tertiary/aromatic N) is 2. The molecule has 0 aliphatic heterocycles. The molecule has 2 aromatic rings. The molecular weight excluding hydrogens is 358 g/mol. The van der Waals surface area contributed by atoms with Crippen LogP contribution in [-0.2, 0) is 0 Å². The van der Waals surface area contributed by atoms with E-state index in [1.165, 1.54) is 6.07 Å². The highest BCUT2D eigenvalue weighted by Gasteiger charge is 2.13. The predicted octanol–water partition coefficient (Wildman–Crippen LogP) is 5.09. The molecule has 1 heterocycles. The topological polar surface area (TPSA) is 35.0 Å². The molecule has 0 saturated heterocycles. The quantitative estimate of drug-likeness (QED) is 0.695. The lowest BCUT2D eigenvalue weighted by Gasteiger charge is -2.10. The summed E-state index contributed by atoms with van der Waals surface area (Å²) in [5.41, 5.74) is 1.39. The Morgan fingerprint density at radius 3 is 2.47 bits per heavy atom. The fourth-order valence-corrected chi connectivity index (χ4v) is 2.23. The maximum atomic E-state index is 13.4. The average Bonchev–Trinajstić information content (AvgIpc) is 2.32. The number of aryl methyl sites for hydroxylation is 2. The first-order chi connectivity index (χ1) is 8.88. The van der Waals surface area contributed by atoms with Gasteiger partial charge in [0.2, 0.25) is 0 Å². The molecule has 100 valence electrons. The van der Waals surface area contributed by atoms with Crippen LogP contribution in [0.25, 0.3) is 0 Å². The highest BCUT2D eigenvalue weighted by molar-refractivity contribution is 9.10. The summed E-state index contributed by atoms with van der Waals surface area (Å²) in [5, 5.41) is 0.113. The van der Waals surface area contributed by atoms with Crippen LogP contribution in [0.4, 0.5) is 4.39 Å². The zero-order chi connectivity index (χ0) is 14.2. The molecule has 7 heteroatoms. The van der Waals surface area contributed by atoms with Crippen molar-refractivity contribution in [2.24, 2.45) is 0 Å². The Balaban J connectivity index is 2.42. The molecule has 1 aromatic carbocycles. The van der Waals surface area contributed by atoms with Crippen LogP contribution in [-0.4, -0.2) is 9.97 Å². The van der Waals surface area contributed by atoms with Gasteiger partial charge in [0, 0.05) is 6.07 Å². The summed E-state index contributed by atoms with van der Waals surface area (Å²) in [6, 6.07) is 2.55. The molecule has 0 aliphatic carbocycles. The maximum Gasteiger partial charge on any atom is 0.257 e. The fourth-order valence-electron chi connectivity index (χ4n) is 1.31. The van der Waals surface area contributed by atoms with E-state index in [1.54, 1.807) is 13.8 Å². The lowest BCUT2D eigenvalue weighted by atomic mass is 10.3. The van der Waals surface area contributed by atoms with Gasteiger partial charge < -0.3 is 4.74 Å². The molecule has 0 radical (unpaired) electrons. The number of hydrogen-bond acceptors (Lipinski definition) is 3. The first-order valence-electron chi connectivity index (χ1n) is 5.21. The van der Waals surface area contributed by atoms with Crippen molar-refractivity contribution in [3.8, 4) is 11.6 Å². The van der Waals surface area contributed by atoms with Crippen molar-refractivity contribution >= 4 is 39.1 Å². The first-order valence-corrected chi connectivity index (χ1v) is 6.76. The number of benzene rings is 1. The fraction of sp³-hybridized carbons (Fsp3) is 0.167. The Labute approximate surface area is 127 Å². The molecule has 0 amide bonds. The zero-order valence-corrected chi connectivity index (χ0v) is 13.1. The van der Waals surface area contributed by atoms with Crippen molar-refractivity contribution in [1.29, 1.82) is 0 Å². The Morgan fingerprint density at radius 2 is 1.79 bits per heavy atom. The van der Waals surface area contributed by atoms with E-state index >= 15 is 0 Å². The highest BCUT2D eigenvalue weighted by Crippen LogP contribution is 2.35. The van der Waals surface area contributed by atoms with Crippen molar-refractivity contribution in [3.63, 3.8) is 0 Å². The summed E-state index contributed by atoms with van der Waals surface area (Å²) < 4.78 is 19.4. The van der Waals surface area contributed by atoms with Crippen molar-refractivity contribution in [2.75, 3.05) is 0 Å². The number of rotatable bonds is 2. The third kappa shape index (κ3) is 3.16. The lowest BCUT2D eigenvalue weighted by molar-refractivity contribution is 0.451. The lowest BCUT2D eigenvalue weighted by Crippen LogP contribution is -1.98. The van der Waals surface area contributed by atoms with E-state index in [4.69, 9.17) is 27.9 Å². The predicted molar refractivity (Wildman–Crippen MR) is 75.7 cm³/mol. The minimum atomic E-state index is -0.590. The van der Waals surface area contributed by atoms with E-state index in [9.17, 15) is 4.39 Å². The van der Waals surface area contributed by atoms with Crippen LogP contribution in [0.1, 0.15) is 11.4 Å². The number of aromatic nitrogens is 2. The molecule has 0 aliphatic rings. The van der Waals surface area contributed by atoms with Gasteiger partial charge in [-0.05, 0) is 35.8 Å². The summed E-state index contributed by atoms with van der Waals surface area (Å²) in [7, 11) is 0. The SMILES string of the molecule is Cc1nc(Cl)c(Oc2cc(F)c(Cl)cc2Br)nc1C. The number of halogens is 4. The molecule has 0 N–H and O–H groups in total. The smallest absolute Gasteiger partial charge is 0.257 e. The van der Waals surface area contributed by atoms with Crippen LogP contribution in [0.5, 0.6) is 11.6 Å². The van der Waals surface area contributed by atoms with Crippen molar-refractivity contribution in [2.45, 2.75) is 13.8 Å². The van der Waals surface area contributed by atoms with Crippen LogP contribution in [0.2, 0.25) is 10.2 Å². The number of hydrogen-bond donors (Lipinski definition) is 0. The van der Waals surface area contributed by atoms with Gasteiger partial charge in [-0.15, -0.1) is 0 Å². The Bertz CT molecular complexity index is 597. The Hall–Kier alpha value is -0.910. The molecule has 0 saturated carbocycles. The standard InChI is InChI=1S/C12H8BrCl2FN2O/c1-5-6(2)18-12(11(15)17-5)19-10-4-9(16)8(14)3-7(10)13/h3-4H,1-2H3. The second-order valence-electron chi connectivity index (χ2n) is 3.79. The summed E-state index contributed by atoms with van der Waals surface area (Å²) in [4.78, 5) is 8.25. The van der Waals surface area contributed by atoms with Crippen molar-refractivity contribution in [1.82, 2.24) is 9.97 Å². The van der Waals surface area contributed by atoms with Gasteiger partial charge in [-0.3, -0.25) is 0 Å². The molecule has 0 atom stereocenters. The molecule has 0 bridgehead atoms. The summed E-state index contributed by atoms with van der Waals surface area (Å²) in [5.74, 6) is -0.249. The van der Waals surface area contributed by atoms with E-state index in [1.807, 2.05) is 0 Å². The number of ether oxygens (including phenoxy) is 1. The monoisotopic (exact) mass is 364 g/mol. The van der Waals surface area contributed by atoms with E-state index in [-0.39, 0.29) is 21.8 Å². The summed E-state index contributed by atoms with van der Waals surface area (Å²) in [6.07, 6.45) is 0. The molecule has 19 heavy (non-hydrogen) atoms. The normalized spacial score (nSPS) is 10.6. The maximum absolute atomic E-state index is 13.4. The van der Waals surface area contributed by atoms with Crippen LogP contribution in [0.15, 0.2) is 16.6 Å². The van der Waals surface area contributed by atoms with E-state index in [2.05, 4.69) is 25.9 Å². The van der Waals surface area contributed by atoms with Gasteiger partial charge in [-0.25, -0.2) is 14.4 Å².